The summed E-state index contributed by atoms with van der Waals surface area (Å²) < 4.78 is 5.40. The van der Waals surface area contributed by atoms with Crippen molar-refractivity contribution in [3.8, 4) is 5.75 Å². The predicted octanol–water partition coefficient (Wildman–Crippen LogP) is 5.43. The van der Waals surface area contributed by atoms with Crippen molar-refractivity contribution in [3.63, 3.8) is 0 Å². The third kappa shape index (κ3) is 4.80. The van der Waals surface area contributed by atoms with Gasteiger partial charge in [0.05, 0.1) is 5.69 Å². The average molecular weight is 380 g/mol. The average Bonchev–Trinajstić information content (AvgIpc) is 2.85. The van der Waals surface area contributed by atoms with Gasteiger partial charge in [0.2, 0.25) is 0 Å². The largest absolute Gasteiger partial charge is 0.424 e. The quantitative estimate of drug-likeness (QED) is 0.439. The van der Waals surface area contributed by atoms with Crippen LogP contribution in [0.25, 0.3) is 0 Å². The molecule has 28 heavy (non-hydrogen) atoms. The molecule has 0 saturated carbocycles. The number of anilines is 1. The molecule has 1 aliphatic carbocycles. The first kappa shape index (κ1) is 20.1. The van der Waals surface area contributed by atoms with Gasteiger partial charge in [-0.05, 0) is 72.1 Å². The van der Waals surface area contributed by atoms with E-state index in [1.54, 1.807) is 0 Å². The second-order valence-electron chi connectivity index (χ2n) is 8.55. The minimum absolute atomic E-state index is 0.0362. The lowest BCUT2D eigenvalue weighted by Gasteiger charge is -2.19. The van der Waals surface area contributed by atoms with E-state index in [1.807, 2.05) is 36.4 Å². The van der Waals surface area contributed by atoms with Gasteiger partial charge in [-0.2, -0.15) is 0 Å². The van der Waals surface area contributed by atoms with E-state index in [0.29, 0.717) is 17.0 Å². The molecule has 3 rings (SSSR count). The molecule has 1 aliphatic rings. The van der Waals surface area contributed by atoms with Crippen LogP contribution in [0.4, 0.5) is 5.69 Å². The second-order valence-corrected chi connectivity index (χ2v) is 8.55. The van der Waals surface area contributed by atoms with E-state index in [-0.39, 0.29) is 11.3 Å². The summed E-state index contributed by atoms with van der Waals surface area (Å²) in [5.74, 6) is -0.172. The third-order valence-corrected chi connectivity index (χ3v) is 5.21. The van der Waals surface area contributed by atoms with Crippen LogP contribution in [0.15, 0.2) is 36.4 Å². The Morgan fingerprint density at radius 3 is 2.11 bits per heavy atom. The number of benzene rings is 2. The molecule has 1 N–H and O–H groups in total. The van der Waals surface area contributed by atoms with Gasteiger partial charge in [-0.3, -0.25) is 9.59 Å². The number of ether oxygens (including phenoxy) is 1. The van der Waals surface area contributed by atoms with Gasteiger partial charge in [-0.25, -0.2) is 0 Å². The van der Waals surface area contributed by atoms with Crippen LogP contribution in [0.2, 0.25) is 0 Å². The predicted molar refractivity (Wildman–Crippen MR) is 112 cm³/mol. The number of hydrogen-bond donors (Lipinski definition) is 1. The van der Waals surface area contributed by atoms with Crippen molar-refractivity contribution in [3.05, 3.63) is 58.7 Å². The SMILES string of the molecule is CC(=O)Oc1cc2c(cc1NC(=O)c1ccc(C(C)(C)C)cc1)CCCCC2. The van der Waals surface area contributed by atoms with Crippen molar-refractivity contribution in [1.29, 1.82) is 0 Å². The molecule has 4 nitrogen and oxygen atoms in total. The van der Waals surface area contributed by atoms with Crippen LogP contribution in [0.1, 0.15) is 74.0 Å². The molecule has 0 fully saturated rings. The van der Waals surface area contributed by atoms with Gasteiger partial charge in [0.25, 0.3) is 5.91 Å². The number of amides is 1. The van der Waals surface area contributed by atoms with Crippen LogP contribution in [0.5, 0.6) is 5.75 Å². The van der Waals surface area contributed by atoms with Crippen LogP contribution in [-0.2, 0) is 23.1 Å². The number of esters is 1. The van der Waals surface area contributed by atoms with E-state index in [0.717, 1.165) is 25.7 Å². The van der Waals surface area contributed by atoms with Gasteiger partial charge in [0, 0.05) is 12.5 Å². The van der Waals surface area contributed by atoms with Crippen molar-refractivity contribution in [2.75, 3.05) is 5.32 Å². The van der Waals surface area contributed by atoms with Gasteiger partial charge >= 0.3 is 5.97 Å². The lowest BCUT2D eigenvalue weighted by atomic mass is 9.86. The maximum absolute atomic E-state index is 12.8. The van der Waals surface area contributed by atoms with E-state index >= 15 is 0 Å². The number of hydrogen-bond acceptors (Lipinski definition) is 3. The Labute approximate surface area is 167 Å². The summed E-state index contributed by atoms with van der Waals surface area (Å²) in [4.78, 5) is 24.4. The molecule has 0 heterocycles. The van der Waals surface area contributed by atoms with Gasteiger partial charge < -0.3 is 10.1 Å². The number of nitrogens with one attached hydrogen (secondary N) is 1. The summed E-state index contributed by atoms with van der Waals surface area (Å²) in [5, 5.41) is 2.94. The van der Waals surface area contributed by atoms with Crippen molar-refractivity contribution in [1.82, 2.24) is 0 Å². The first-order valence-electron chi connectivity index (χ1n) is 10.00. The summed E-state index contributed by atoms with van der Waals surface area (Å²) in [7, 11) is 0. The molecule has 2 aromatic rings. The molecule has 0 aliphatic heterocycles. The van der Waals surface area contributed by atoms with Crippen LogP contribution < -0.4 is 10.1 Å². The summed E-state index contributed by atoms with van der Waals surface area (Å²) in [6.07, 6.45) is 5.43. The lowest BCUT2D eigenvalue weighted by Crippen LogP contribution is -2.16. The molecule has 0 bridgehead atoms. The lowest BCUT2D eigenvalue weighted by molar-refractivity contribution is -0.131. The fourth-order valence-electron chi connectivity index (χ4n) is 3.59. The van der Waals surface area contributed by atoms with E-state index < -0.39 is 5.97 Å². The first-order chi connectivity index (χ1) is 13.2. The van der Waals surface area contributed by atoms with Crippen molar-refractivity contribution in [2.45, 2.75) is 65.2 Å². The standard InChI is InChI=1S/C24H29NO3/c1-16(26)28-22-15-19-9-7-5-6-8-18(19)14-21(22)25-23(27)17-10-12-20(13-11-17)24(2,3)4/h10-15H,5-9H2,1-4H3,(H,25,27). The molecule has 148 valence electrons. The summed E-state index contributed by atoms with van der Waals surface area (Å²) in [6.45, 7) is 7.80. The molecule has 0 radical (unpaired) electrons. The van der Waals surface area contributed by atoms with E-state index in [9.17, 15) is 9.59 Å². The number of fused-ring (bicyclic) bond motifs is 1. The van der Waals surface area contributed by atoms with Crippen LogP contribution in [-0.4, -0.2) is 11.9 Å². The van der Waals surface area contributed by atoms with Gasteiger partial charge in [-0.1, -0.05) is 39.3 Å². The van der Waals surface area contributed by atoms with Gasteiger partial charge in [0.1, 0.15) is 0 Å². The van der Waals surface area contributed by atoms with Crippen molar-refractivity contribution < 1.29 is 14.3 Å². The maximum Gasteiger partial charge on any atom is 0.308 e. The van der Waals surface area contributed by atoms with Crippen molar-refractivity contribution >= 4 is 17.6 Å². The number of carbonyl (C=O) groups is 2. The Morgan fingerprint density at radius 1 is 0.929 bits per heavy atom. The normalized spacial score (nSPS) is 14.0. The van der Waals surface area contributed by atoms with Gasteiger partial charge in [0.15, 0.2) is 5.75 Å². The Kier molecular flexibility index (Phi) is 5.87. The number of aryl methyl sites for hydroxylation is 2. The smallest absolute Gasteiger partial charge is 0.308 e. The fourth-order valence-corrected chi connectivity index (χ4v) is 3.59. The minimum atomic E-state index is -0.390. The van der Waals surface area contributed by atoms with E-state index in [2.05, 4.69) is 26.1 Å². The number of carbonyl (C=O) groups excluding carboxylic acids is 2. The highest BCUT2D eigenvalue weighted by Crippen LogP contribution is 2.33. The Bertz CT molecular complexity index is 876. The molecule has 0 aromatic heterocycles. The molecule has 4 heteroatoms. The molecule has 0 unspecified atom stereocenters. The second kappa shape index (κ2) is 8.17. The fraction of sp³-hybridized carbons (Fsp3) is 0.417. The molecule has 0 saturated heterocycles. The monoisotopic (exact) mass is 379 g/mol. The molecule has 1 amide bonds. The van der Waals surface area contributed by atoms with Crippen molar-refractivity contribution in [2.24, 2.45) is 0 Å². The molecular formula is C24H29NO3. The van der Waals surface area contributed by atoms with Crippen LogP contribution in [0.3, 0.4) is 0 Å². The zero-order chi connectivity index (χ0) is 20.3. The Hall–Kier alpha value is -2.62. The van der Waals surface area contributed by atoms with Crippen LogP contribution in [0, 0.1) is 0 Å². The zero-order valence-electron chi connectivity index (χ0n) is 17.2. The zero-order valence-corrected chi connectivity index (χ0v) is 17.2. The highest BCUT2D eigenvalue weighted by atomic mass is 16.5. The van der Waals surface area contributed by atoms with E-state index in [4.69, 9.17) is 4.74 Å². The summed E-state index contributed by atoms with van der Waals surface area (Å²) in [6, 6.07) is 11.5. The summed E-state index contributed by atoms with van der Waals surface area (Å²) in [5.41, 5.74) is 4.79. The highest BCUT2D eigenvalue weighted by Gasteiger charge is 2.18. The third-order valence-electron chi connectivity index (χ3n) is 5.21. The van der Waals surface area contributed by atoms with Gasteiger partial charge in [-0.15, -0.1) is 0 Å². The minimum Gasteiger partial charge on any atom is -0.424 e. The maximum atomic E-state index is 12.8. The Balaban J connectivity index is 1.88. The van der Waals surface area contributed by atoms with Crippen LogP contribution >= 0.6 is 0 Å². The highest BCUT2D eigenvalue weighted by molar-refractivity contribution is 6.05. The molecule has 2 aromatic carbocycles. The number of rotatable bonds is 3. The molecule has 0 atom stereocenters. The topological polar surface area (TPSA) is 55.4 Å². The first-order valence-corrected chi connectivity index (χ1v) is 10.00. The van der Waals surface area contributed by atoms with E-state index in [1.165, 1.54) is 30.0 Å². The Morgan fingerprint density at radius 2 is 1.54 bits per heavy atom. The molecule has 0 spiro atoms. The summed E-state index contributed by atoms with van der Waals surface area (Å²) >= 11 is 0. The molecular weight excluding hydrogens is 350 g/mol.